The number of nitrogens with one attached hydrogen (secondary N) is 1. The first-order valence-electron chi connectivity index (χ1n) is 6.71. The van der Waals surface area contributed by atoms with Gasteiger partial charge in [0.05, 0.1) is 5.92 Å². The standard InChI is InChI=1S/C15H24N2O/c1-3-7-12(2)17-15(18)14(11-16)10-13-8-5-4-6-9-13/h4-6,8-9,12,14H,3,7,10-11,16H2,1-2H3,(H,17,18). The number of benzene rings is 1. The SMILES string of the molecule is CCCC(C)NC(=O)C(CN)Cc1ccccc1. The van der Waals surface area contributed by atoms with Crippen molar-refractivity contribution in [3.05, 3.63) is 35.9 Å². The smallest absolute Gasteiger partial charge is 0.224 e. The molecular formula is C15H24N2O. The maximum atomic E-state index is 12.1. The molecule has 3 heteroatoms. The average molecular weight is 248 g/mol. The average Bonchev–Trinajstić information content (AvgIpc) is 2.37. The van der Waals surface area contributed by atoms with Crippen LogP contribution in [-0.2, 0) is 11.2 Å². The van der Waals surface area contributed by atoms with E-state index in [1.54, 1.807) is 0 Å². The van der Waals surface area contributed by atoms with E-state index in [2.05, 4.69) is 12.2 Å². The third-order valence-electron chi connectivity index (χ3n) is 3.09. The third kappa shape index (κ3) is 4.88. The van der Waals surface area contributed by atoms with Gasteiger partial charge in [0.1, 0.15) is 0 Å². The highest BCUT2D eigenvalue weighted by molar-refractivity contribution is 5.79. The molecule has 0 bridgehead atoms. The number of amides is 1. The minimum atomic E-state index is -0.133. The summed E-state index contributed by atoms with van der Waals surface area (Å²) in [6.07, 6.45) is 2.80. The second kappa shape index (κ2) is 7.88. The van der Waals surface area contributed by atoms with Crippen LogP contribution >= 0.6 is 0 Å². The predicted molar refractivity (Wildman–Crippen MR) is 75.2 cm³/mol. The summed E-state index contributed by atoms with van der Waals surface area (Å²) in [5.41, 5.74) is 6.87. The number of hydrogen-bond acceptors (Lipinski definition) is 2. The summed E-state index contributed by atoms with van der Waals surface area (Å²) in [4.78, 5) is 12.1. The molecule has 0 fully saturated rings. The summed E-state index contributed by atoms with van der Waals surface area (Å²) in [5.74, 6) is -0.0611. The van der Waals surface area contributed by atoms with Crippen molar-refractivity contribution in [1.82, 2.24) is 5.32 Å². The molecule has 0 heterocycles. The lowest BCUT2D eigenvalue weighted by molar-refractivity contribution is -0.125. The molecule has 1 aromatic rings. The van der Waals surface area contributed by atoms with Gasteiger partial charge in [-0.2, -0.15) is 0 Å². The second-order valence-corrected chi connectivity index (χ2v) is 4.82. The van der Waals surface area contributed by atoms with E-state index in [0.29, 0.717) is 13.0 Å². The minimum absolute atomic E-state index is 0.0716. The Hall–Kier alpha value is -1.35. The van der Waals surface area contributed by atoms with Gasteiger partial charge in [-0.25, -0.2) is 0 Å². The Balaban J connectivity index is 2.52. The highest BCUT2D eigenvalue weighted by atomic mass is 16.1. The molecule has 0 radical (unpaired) electrons. The Morgan fingerprint density at radius 3 is 2.56 bits per heavy atom. The van der Waals surface area contributed by atoms with Crippen LogP contribution in [0.25, 0.3) is 0 Å². The van der Waals surface area contributed by atoms with Gasteiger partial charge in [-0.05, 0) is 25.3 Å². The van der Waals surface area contributed by atoms with Crippen molar-refractivity contribution < 1.29 is 4.79 Å². The zero-order valence-corrected chi connectivity index (χ0v) is 11.4. The van der Waals surface area contributed by atoms with Gasteiger partial charge in [0, 0.05) is 12.6 Å². The van der Waals surface area contributed by atoms with E-state index >= 15 is 0 Å². The Kier molecular flexibility index (Phi) is 6.44. The number of nitrogens with two attached hydrogens (primary N) is 1. The Morgan fingerprint density at radius 1 is 1.33 bits per heavy atom. The van der Waals surface area contributed by atoms with E-state index in [1.165, 1.54) is 0 Å². The molecule has 0 aliphatic carbocycles. The normalized spacial score (nSPS) is 13.9. The fourth-order valence-corrected chi connectivity index (χ4v) is 2.05. The van der Waals surface area contributed by atoms with Crippen molar-refractivity contribution in [1.29, 1.82) is 0 Å². The van der Waals surface area contributed by atoms with Crippen LogP contribution in [0.2, 0.25) is 0 Å². The molecule has 0 aliphatic rings. The van der Waals surface area contributed by atoms with Gasteiger partial charge >= 0.3 is 0 Å². The van der Waals surface area contributed by atoms with E-state index in [1.807, 2.05) is 37.3 Å². The number of carbonyl (C=O) groups is 1. The molecular weight excluding hydrogens is 224 g/mol. The Labute approximate surface area is 110 Å². The quantitative estimate of drug-likeness (QED) is 0.776. The molecule has 0 aliphatic heterocycles. The molecule has 18 heavy (non-hydrogen) atoms. The van der Waals surface area contributed by atoms with Crippen LogP contribution in [0.15, 0.2) is 30.3 Å². The lowest BCUT2D eigenvalue weighted by Crippen LogP contribution is -2.40. The first kappa shape index (κ1) is 14.7. The number of carbonyl (C=O) groups excluding carboxylic acids is 1. The van der Waals surface area contributed by atoms with Gasteiger partial charge in [-0.1, -0.05) is 43.7 Å². The van der Waals surface area contributed by atoms with Crippen LogP contribution in [0.3, 0.4) is 0 Å². The molecule has 1 aromatic carbocycles. The monoisotopic (exact) mass is 248 g/mol. The summed E-state index contributed by atoms with van der Waals surface area (Å²) in [5, 5.41) is 3.03. The fraction of sp³-hybridized carbons (Fsp3) is 0.533. The van der Waals surface area contributed by atoms with Crippen molar-refractivity contribution >= 4 is 5.91 Å². The van der Waals surface area contributed by atoms with Gasteiger partial charge in [0.25, 0.3) is 0 Å². The highest BCUT2D eigenvalue weighted by Gasteiger charge is 2.18. The molecule has 2 unspecified atom stereocenters. The van der Waals surface area contributed by atoms with Crippen LogP contribution in [0, 0.1) is 5.92 Å². The van der Waals surface area contributed by atoms with E-state index < -0.39 is 0 Å². The van der Waals surface area contributed by atoms with Crippen LogP contribution in [0.4, 0.5) is 0 Å². The van der Waals surface area contributed by atoms with Crippen molar-refractivity contribution in [2.75, 3.05) is 6.54 Å². The van der Waals surface area contributed by atoms with Crippen molar-refractivity contribution in [2.45, 2.75) is 39.2 Å². The molecule has 0 spiro atoms. The summed E-state index contributed by atoms with van der Waals surface area (Å²) >= 11 is 0. The van der Waals surface area contributed by atoms with E-state index in [9.17, 15) is 4.79 Å². The number of hydrogen-bond donors (Lipinski definition) is 2. The maximum absolute atomic E-state index is 12.1. The molecule has 100 valence electrons. The van der Waals surface area contributed by atoms with Gasteiger partial charge in [-0.3, -0.25) is 4.79 Å². The Bertz CT molecular complexity index is 351. The van der Waals surface area contributed by atoms with Gasteiger partial charge in [0.2, 0.25) is 5.91 Å². The maximum Gasteiger partial charge on any atom is 0.224 e. The lowest BCUT2D eigenvalue weighted by Gasteiger charge is -2.19. The molecule has 1 amide bonds. The highest BCUT2D eigenvalue weighted by Crippen LogP contribution is 2.08. The zero-order chi connectivity index (χ0) is 13.4. The largest absolute Gasteiger partial charge is 0.353 e. The van der Waals surface area contributed by atoms with Crippen molar-refractivity contribution in [3.63, 3.8) is 0 Å². The van der Waals surface area contributed by atoms with Crippen LogP contribution in [0.1, 0.15) is 32.3 Å². The molecule has 1 rings (SSSR count). The summed E-state index contributed by atoms with van der Waals surface area (Å²) in [6, 6.07) is 10.2. The summed E-state index contributed by atoms with van der Waals surface area (Å²) in [7, 11) is 0. The lowest BCUT2D eigenvalue weighted by atomic mass is 9.98. The van der Waals surface area contributed by atoms with Crippen molar-refractivity contribution in [2.24, 2.45) is 11.7 Å². The molecule has 0 aromatic heterocycles. The van der Waals surface area contributed by atoms with Gasteiger partial charge in [0.15, 0.2) is 0 Å². The predicted octanol–water partition coefficient (Wildman–Crippen LogP) is 2.11. The van der Waals surface area contributed by atoms with Gasteiger partial charge < -0.3 is 11.1 Å². The molecule has 3 nitrogen and oxygen atoms in total. The fourth-order valence-electron chi connectivity index (χ4n) is 2.05. The molecule has 0 saturated carbocycles. The first-order chi connectivity index (χ1) is 8.67. The van der Waals surface area contributed by atoms with E-state index in [4.69, 9.17) is 5.73 Å². The summed E-state index contributed by atoms with van der Waals surface area (Å²) < 4.78 is 0. The Morgan fingerprint density at radius 2 is 2.00 bits per heavy atom. The molecule has 0 saturated heterocycles. The van der Waals surface area contributed by atoms with Crippen LogP contribution < -0.4 is 11.1 Å². The van der Waals surface area contributed by atoms with E-state index in [0.717, 1.165) is 18.4 Å². The number of rotatable bonds is 7. The van der Waals surface area contributed by atoms with Crippen LogP contribution in [-0.4, -0.2) is 18.5 Å². The third-order valence-corrected chi connectivity index (χ3v) is 3.09. The van der Waals surface area contributed by atoms with Crippen LogP contribution in [0.5, 0.6) is 0 Å². The topological polar surface area (TPSA) is 55.1 Å². The molecule has 3 N–H and O–H groups in total. The second-order valence-electron chi connectivity index (χ2n) is 4.82. The zero-order valence-electron chi connectivity index (χ0n) is 11.4. The van der Waals surface area contributed by atoms with Gasteiger partial charge in [-0.15, -0.1) is 0 Å². The van der Waals surface area contributed by atoms with E-state index in [-0.39, 0.29) is 17.9 Å². The first-order valence-corrected chi connectivity index (χ1v) is 6.71. The van der Waals surface area contributed by atoms with Crippen molar-refractivity contribution in [3.8, 4) is 0 Å². The minimum Gasteiger partial charge on any atom is -0.353 e. The molecule has 2 atom stereocenters. The summed E-state index contributed by atoms with van der Waals surface area (Å²) in [6.45, 7) is 4.55.